The van der Waals surface area contributed by atoms with Gasteiger partial charge in [-0.05, 0) is 20.4 Å². The highest BCUT2D eigenvalue weighted by molar-refractivity contribution is 5.81. The molecule has 1 saturated heterocycles. The summed E-state index contributed by atoms with van der Waals surface area (Å²) in [6.07, 6.45) is 0.173. The number of carbonyl (C=O) groups excluding carboxylic acids is 1. The van der Waals surface area contributed by atoms with Gasteiger partial charge >= 0.3 is 0 Å². The first-order chi connectivity index (χ1) is 6.11. The number of hydrogen-bond acceptors (Lipinski definition) is 2. The molecule has 0 bridgehead atoms. The molecule has 2 atom stereocenters. The van der Waals surface area contributed by atoms with E-state index in [1.165, 1.54) is 6.92 Å². The second-order valence-corrected chi connectivity index (χ2v) is 3.23. The highest BCUT2D eigenvalue weighted by Gasteiger charge is 2.28. The third-order valence-electron chi connectivity index (χ3n) is 2.28. The summed E-state index contributed by atoms with van der Waals surface area (Å²) in [6.45, 7) is 6.23. The monoisotopic (exact) mass is 189 g/mol. The maximum atomic E-state index is 12.8. The summed E-state index contributed by atoms with van der Waals surface area (Å²) >= 11 is 0. The van der Waals surface area contributed by atoms with Crippen LogP contribution in [0, 0.1) is 0 Å². The predicted molar refractivity (Wildman–Crippen MR) is 52.6 cm³/mol. The lowest BCUT2D eigenvalue weighted by molar-refractivity contribution is -0.123. The van der Waals surface area contributed by atoms with Gasteiger partial charge in [0.2, 0.25) is 0 Å². The molecule has 2 nitrogen and oxygen atoms in total. The van der Waals surface area contributed by atoms with Crippen LogP contribution in [-0.4, -0.2) is 36.5 Å². The van der Waals surface area contributed by atoms with Gasteiger partial charge in [0.1, 0.15) is 12.0 Å². The first-order valence-electron chi connectivity index (χ1n) is 4.96. The molecule has 0 radical (unpaired) electrons. The number of likely N-dealkylation sites (N-methyl/N-ethyl adjacent to an activating group) is 1. The Morgan fingerprint density at radius 1 is 1.46 bits per heavy atom. The zero-order valence-electron chi connectivity index (χ0n) is 9.01. The molecule has 0 aromatic heterocycles. The van der Waals surface area contributed by atoms with E-state index < -0.39 is 6.17 Å². The van der Waals surface area contributed by atoms with Gasteiger partial charge < -0.3 is 0 Å². The molecule has 78 valence electrons. The second kappa shape index (κ2) is 6.08. The van der Waals surface area contributed by atoms with Crippen LogP contribution in [0.25, 0.3) is 0 Å². The van der Waals surface area contributed by atoms with Gasteiger partial charge in [0.05, 0.1) is 6.04 Å². The van der Waals surface area contributed by atoms with E-state index in [0.717, 1.165) is 0 Å². The number of ketones is 1. The van der Waals surface area contributed by atoms with Crippen molar-refractivity contribution in [1.29, 1.82) is 0 Å². The van der Waals surface area contributed by atoms with Gasteiger partial charge in [-0.2, -0.15) is 0 Å². The Balaban J connectivity index is 0.000000671. The van der Waals surface area contributed by atoms with Gasteiger partial charge in [0, 0.05) is 13.0 Å². The van der Waals surface area contributed by atoms with Crippen molar-refractivity contribution in [2.75, 3.05) is 13.6 Å². The molecule has 0 N–H and O–H groups in total. The van der Waals surface area contributed by atoms with Crippen LogP contribution in [0.1, 0.15) is 33.6 Å². The van der Waals surface area contributed by atoms with Crippen LogP contribution in [0.4, 0.5) is 4.39 Å². The molecule has 1 heterocycles. The number of piperidine rings is 1. The van der Waals surface area contributed by atoms with Crippen molar-refractivity contribution in [3.05, 3.63) is 0 Å². The predicted octanol–water partition coefficient (Wildman–Crippen LogP) is 2.03. The lowest BCUT2D eigenvalue weighted by Crippen LogP contribution is -2.44. The molecule has 13 heavy (non-hydrogen) atoms. The van der Waals surface area contributed by atoms with E-state index in [9.17, 15) is 9.18 Å². The van der Waals surface area contributed by atoms with Gasteiger partial charge in [-0.1, -0.05) is 13.8 Å². The van der Waals surface area contributed by atoms with E-state index in [2.05, 4.69) is 0 Å². The van der Waals surface area contributed by atoms with Crippen LogP contribution in [0.5, 0.6) is 0 Å². The third-order valence-corrected chi connectivity index (χ3v) is 2.28. The molecule has 1 aliphatic heterocycles. The Labute approximate surface area is 80.1 Å². The summed E-state index contributed by atoms with van der Waals surface area (Å²) in [5.74, 6) is 0.0786. The van der Waals surface area contributed by atoms with Gasteiger partial charge in [-0.15, -0.1) is 0 Å². The highest BCUT2D eigenvalue weighted by atomic mass is 19.1. The Hall–Kier alpha value is -0.440. The number of Topliss-reactive ketones (excluding diaryl/α,β-unsaturated/α-hetero) is 1. The first kappa shape index (κ1) is 12.6. The molecule has 1 fully saturated rings. The van der Waals surface area contributed by atoms with E-state index in [1.54, 1.807) is 0 Å². The van der Waals surface area contributed by atoms with Crippen LogP contribution >= 0.6 is 0 Å². The summed E-state index contributed by atoms with van der Waals surface area (Å²) in [6, 6.07) is -0.182. The fourth-order valence-corrected chi connectivity index (χ4v) is 1.52. The average molecular weight is 189 g/mol. The molecular formula is C10H20FNO. The summed E-state index contributed by atoms with van der Waals surface area (Å²) in [7, 11) is 1.87. The SMILES string of the molecule is CC.CC(=O)[C@@H]1C[C@@H](F)CCN1C. The highest BCUT2D eigenvalue weighted by Crippen LogP contribution is 2.18. The maximum Gasteiger partial charge on any atom is 0.146 e. The Morgan fingerprint density at radius 3 is 2.38 bits per heavy atom. The van der Waals surface area contributed by atoms with E-state index in [0.29, 0.717) is 19.4 Å². The molecule has 0 aromatic carbocycles. The van der Waals surface area contributed by atoms with Crippen molar-refractivity contribution in [2.45, 2.75) is 45.8 Å². The Kier molecular flexibility index (Phi) is 5.88. The van der Waals surface area contributed by atoms with Crippen molar-refractivity contribution >= 4 is 5.78 Å². The summed E-state index contributed by atoms with van der Waals surface area (Å²) < 4.78 is 12.8. The summed E-state index contributed by atoms with van der Waals surface area (Å²) in [5.41, 5.74) is 0. The van der Waals surface area contributed by atoms with Crippen LogP contribution in [0.3, 0.4) is 0 Å². The number of likely N-dealkylation sites (tertiary alicyclic amines) is 1. The zero-order chi connectivity index (χ0) is 10.4. The van der Waals surface area contributed by atoms with Crippen LogP contribution in [0.2, 0.25) is 0 Å². The fraction of sp³-hybridized carbons (Fsp3) is 0.900. The lowest BCUT2D eigenvalue weighted by Gasteiger charge is -2.32. The standard InChI is InChI=1S/C8H14FNO.C2H6/c1-6(11)8-5-7(9)3-4-10(8)2;1-2/h7-8H,3-5H2,1-2H3;1-2H3/t7-,8-;/m0./s1. The fourth-order valence-electron chi connectivity index (χ4n) is 1.52. The molecule has 0 amide bonds. The van der Waals surface area contributed by atoms with E-state index >= 15 is 0 Å². The summed E-state index contributed by atoms with van der Waals surface area (Å²) in [5, 5.41) is 0. The molecular weight excluding hydrogens is 169 g/mol. The molecule has 0 aromatic rings. The van der Waals surface area contributed by atoms with Crippen molar-refractivity contribution in [3.63, 3.8) is 0 Å². The molecule has 0 unspecified atom stereocenters. The number of carbonyl (C=O) groups is 1. The Bertz CT molecular complexity index is 161. The zero-order valence-corrected chi connectivity index (χ0v) is 9.01. The molecule has 0 spiro atoms. The Morgan fingerprint density at radius 2 is 2.00 bits per heavy atom. The van der Waals surface area contributed by atoms with Gasteiger partial charge in [0.15, 0.2) is 0 Å². The molecule has 3 heteroatoms. The van der Waals surface area contributed by atoms with E-state index in [4.69, 9.17) is 0 Å². The number of alkyl halides is 1. The smallest absolute Gasteiger partial charge is 0.146 e. The molecule has 0 aliphatic carbocycles. The number of rotatable bonds is 1. The molecule has 1 aliphatic rings. The van der Waals surface area contributed by atoms with Gasteiger partial charge in [-0.3, -0.25) is 9.69 Å². The normalized spacial score (nSPS) is 29.0. The number of hydrogen-bond donors (Lipinski definition) is 0. The van der Waals surface area contributed by atoms with Crippen molar-refractivity contribution in [1.82, 2.24) is 4.90 Å². The van der Waals surface area contributed by atoms with Crippen LogP contribution in [-0.2, 0) is 4.79 Å². The van der Waals surface area contributed by atoms with Crippen LogP contribution in [0.15, 0.2) is 0 Å². The van der Waals surface area contributed by atoms with E-state index in [-0.39, 0.29) is 11.8 Å². The topological polar surface area (TPSA) is 20.3 Å². The largest absolute Gasteiger partial charge is 0.298 e. The second-order valence-electron chi connectivity index (χ2n) is 3.23. The van der Waals surface area contributed by atoms with E-state index in [1.807, 2.05) is 25.8 Å². The molecule has 0 saturated carbocycles. The van der Waals surface area contributed by atoms with Gasteiger partial charge in [-0.25, -0.2) is 4.39 Å². The number of halogens is 1. The quantitative estimate of drug-likeness (QED) is 0.629. The van der Waals surface area contributed by atoms with Crippen molar-refractivity contribution < 1.29 is 9.18 Å². The minimum Gasteiger partial charge on any atom is -0.298 e. The number of nitrogens with zero attached hydrogens (tertiary/aromatic N) is 1. The third kappa shape index (κ3) is 3.85. The maximum absolute atomic E-state index is 12.8. The average Bonchev–Trinajstić information content (AvgIpc) is 2.12. The molecule has 1 rings (SSSR count). The van der Waals surface area contributed by atoms with Crippen molar-refractivity contribution in [2.24, 2.45) is 0 Å². The van der Waals surface area contributed by atoms with Gasteiger partial charge in [0.25, 0.3) is 0 Å². The van der Waals surface area contributed by atoms with Crippen LogP contribution < -0.4 is 0 Å². The minimum absolute atomic E-state index is 0.0786. The first-order valence-corrected chi connectivity index (χ1v) is 4.96. The summed E-state index contributed by atoms with van der Waals surface area (Å²) in [4.78, 5) is 12.9. The lowest BCUT2D eigenvalue weighted by atomic mass is 9.98. The van der Waals surface area contributed by atoms with Crippen molar-refractivity contribution in [3.8, 4) is 0 Å². The minimum atomic E-state index is -0.778.